The molecule has 2 aliphatic heterocycles. The van der Waals surface area contributed by atoms with Crippen molar-refractivity contribution >= 4 is 5.96 Å². The van der Waals surface area contributed by atoms with Crippen LogP contribution in [0.15, 0.2) is 4.99 Å². The number of morpholine rings is 1. The van der Waals surface area contributed by atoms with Gasteiger partial charge in [0.15, 0.2) is 5.96 Å². The number of nitrogens with zero attached hydrogens (tertiary/aromatic N) is 3. The third kappa shape index (κ3) is 1.77. The van der Waals surface area contributed by atoms with E-state index in [1.165, 1.54) is 0 Å². The quantitative estimate of drug-likeness (QED) is 0.529. The zero-order valence-corrected chi connectivity index (χ0v) is 8.36. The minimum absolute atomic E-state index is 0.338. The molecular formula is C9H17N3O. The van der Waals surface area contributed by atoms with Crippen LogP contribution in [0.5, 0.6) is 0 Å². The lowest BCUT2D eigenvalue weighted by atomic mass is 10.3. The Morgan fingerprint density at radius 1 is 1.46 bits per heavy atom. The van der Waals surface area contributed by atoms with Crippen molar-refractivity contribution < 1.29 is 4.74 Å². The van der Waals surface area contributed by atoms with Crippen LogP contribution < -0.4 is 0 Å². The maximum absolute atomic E-state index is 5.49. The lowest BCUT2D eigenvalue weighted by Gasteiger charge is -2.34. The highest BCUT2D eigenvalue weighted by molar-refractivity contribution is 5.81. The van der Waals surface area contributed by atoms with E-state index in [9.17, 15) is 0 Å². The summed E-state index contributed by atoms with van der Waals surface area (Å²) in [6.07, 6.45) is 0.338. The Morgan fingerprint density at radius 3 is 2.92 bits per heavy atom. The Bertz CT molecular complexity index is 217. The molecule has 1 fully saturated rings. The highest BCUT2D eigenvalue weighted by Gasteiger charge is 2.24. The summed E-state index contributed by atoms with van der Waals surface area (Å²) in [4.78, 5) is 9.03. The molecule has 1 unspecified atom stereocenters. The number of rotatable bonds is 0. The molecule has 0 aromatic carbocycles. The number of aliphatic imine (C=N–C) groups is 1. The molecular weight excluding hydrogens is 166 g/mol. The minimum atomic E-state index is 0.338. The number of hydrogen-bond donors (Lipinski definition) is 0. The molecule has 74 valence electrons. The number of guanidine groups is 1. The van der Waals surface area contributed by atoms with E-state index in [0.717, 1.165) is 38.7 Å². The second-order valence-corrected chi connectivity index (χ2v) is 3.73. The van der Waals surface area contributed by atoms with Gasteiger partial charge in [-0.2, -0.15) is 0 Å². The van der Waals surface area contributed by atoms with E-state index in [4.69, 9.17) is 4.74 Å². The van der Waals surface area contributed by atoms with Crippen LogP contribution in [0.25, 0.3) is 0 Å². The van der Waals surface area contributed by atoms with Crippen LogP contribution in [-0.4, -0.2) is 61.7 Å². The van der Waals surface area contributed by atoms with Gasteiger partial charge in [-0.15, -0.1) is 0 Å². The number of hydrogen-bond acceptors (Lipinski definition) is 4. The van der Waals surface area contributed by atoms with E-state index in [2.05, 4.69) is 28.8 Å². The minimum Gasteiger partial charge on any atom is -0.375 e. The molecule has 0 aromatic rings. The molecule has 0 amide bonds. The summed E-state index contributed by atoms with van der Waals surface area (Å²) in [5.41, 5.74) is 0. The SMILES string of the molecule is CC1CN(C2=NCCN2C)CCO1. The van der Waals surface area contributed by atoms with Gasteiger partial charge in [-0.3, -0.25) is 4.99 Å². The largest absolute Gasteiger partial charge is 0.375 e. The third-order valence-corrected chi connectivity index (χ3v) is 2.55. The predicted molar refractivity (Wildman–Crippen MR) is 51.9 cm³/mol. The molecule has 2 rings (SSSR count). The van der Waals surface area contributed by atoms with Crippen LogP contribution in [0.3, 0.4) is 0 Å². The number of likely N-dealkylation sites (N-methyl/N-ethyl adjacent to an activating group) is 1. The summed E-state index contributed by atoms with van der Waals surface area (Å²) in [5, 5.41) is 0. The fraction of sp³-hybridized carbons (Fsp3) is 0.889. The molecule has 1 atom stereocenters. The Kier molecular flexibility index (Phi) is 2.40. The molecule has 0 bridgehead atoms. The summed E-state index contributed by atoms with van der Waals surface area (Å²) in [6, 6.07) is 0. The van der Waals surface area contributed by atoms with Gasteiger partial charge in [0.1, 0.15) is 0 Å². The van der Waals surface area contributed by atoms with Crippen LogP contribution in [0.2, 0.25) is 0 Å². The van der Waals surface area contributed by atoms with E-state index in [1.54, 1.807) is 0 Å². The summed E-state index contributed by atoms with van der Waals surface area (Å²) in [5.74, 6) is 1.15. The number of ether oxygens (including phenoxy) is 1. The maximum atomic E-state index is 5.49. The second-order valence-electron chi connectivity index (χ2n) is 3.73. The summed E-state index contributed by atoms with van der Waals surface area (Å²) >= 11 is 0. The van der Waals surface area contributed by atoms with Crippen molar-refractivity contribution in [3.8, 4) is 0 Å². The predicted octanol–water partition coefficient (Wildman–Crippen LogP) is 0.00850. The van der Waals surface area contributed by atoms with Gasteiger partial charge in [0.05, 0.1) is 19.3 Å². The molecule has 2 aliphatic rings. The maximum Gasteiger partial charge on any atom is 0.196 e. The van der Waals surface area contributed by atoms with Crippen molar-refractivity contribution in [1.82, 2.24) is 9.80 Å². The Hall–Kier alpha value is -0.770. The summed E-state index contributed by atoms with van der Waals surface area (Å²) in [6.45, 7) is 6.89. The fourth-order valence-electron chi connectivity index (χ4n) is 1.86. The highest BCUT2D eigenvalue weighted by atomic mass is 16.5. The van der Waals surface area contributed by atoms with Crippen LogP contribution in [0.1, 0.15) is 6.92 Å². The second kappa shape index (κ2) is 3.54. The average molecular weight is 183 g/mol. The zero-order valence-electron chi connectivity index (χ0n) is 8.36. The molecule has 0 aliphatic carbocycles. The molecule has 2 heterocycles. The average Bonchev–Trinajstić information content (AvgIpc) is 2.51. The Labute approximate surface area is 79.2 Å². The highest BCUT2D eigenvalue weighted by Crippen LogP contribution is 2.09. The van der Waals surface area contributed by atoms with Gasteiger partial charge in [-0.25, -0.2) is 0 Å². The topological polar surface area (TPSA) is 28.1 Å². The first-order valence-electron chi connectivity index (χ1n) is 4.89. The molecule has 0 spiro atoms. The fourth-order valence-corrected chi connectivity index (χ4v) is 1.86. The lowest BCUT2D eigenvalue weighted by Crippen LogP contribution is -2.48. The Balaban J connectivity index is 1.99. The zero-order chi connectivity index (χ0) is 9.26. The monoisotopic (exact) mass is 183 g/mol. The van der Waals surface area contributed by atoms with Crippen LogP contribution in [-0.2, 0) is 4.74 Å². The first kappa shape index (κ1) is 8.81. The van der Waals surface area contributed by atoms with Gasteiger partial charge in [0.2, 0.25) is 0 Å². The van der Waals surface area contributed by atoms with Gasteiger partial charge in [-0.05, 0) is 6.92 Å². The van der Waals surface area contributed by atoms with Crippen molar-refractivity contribution in [2.75, 3.05) is 39.8 Å². The van der Waals surface area contributed by atoms with Gasteiger partial charge in [0.25, 0.3) is 0 Å². The molecule has 4 nitrogen and oxygen atoms in total. The van der Waals surface area contributed by atoms with E-state index in [-0.39, 0.29) is 0 Å². The van der Waals surface area contributed by atoms with E-state index >= 15 is 0 Å². The third-order valence-electron chi connectivity index (χ3n) is 2.55. The van der Waals surface area contributed by atoms with Crippen molar-refractivity contribution in [1.29, 1.82) is 0 Å². The molecule has 4 heteroatoms. The standard InChI is InChI=1S/C9H17N3O/c1-8-7-12(5-6-13-8)9-10-3-4-11(9)2/h8H,3-7H2,1-2H3. The first-order valence-corrected chi connectivity index (χ1v) is 4.89. The van der Waals surface area contributed by atoms with E-state index in [0.29, 0.717) is 6.10 Å². The molecule has 13 heavy (non-hydrogen) atoms. The smallest absolute Gasteiger partial charge is 0.196 e. The lowest BCUT2D eigenvalue weighted by molar-refractivity contribution is 0.00292. The van der Waals surface area contributed by atoms with Crippen molar-refractivity contribution in [3.05, 3.63) is 0 Å². The molecule has 0 saturated carbocycles. The first-order chi connectivity index (χ1) is 6.27. The van der Waals surface area contributed by atoms with Gasteiger partial charge >= 0.3 is 0 Å². The van der Waals surface area contributed by atoms with Gasteiger partial charge in [0, 0.05) is 26.7 Å². The van der Waals surface area contributed by atoms with Gasteiger partial charge < -0.3 is 14.5 Å². The Morgan fingerprint density at radius 2 is 2.31 bits per heavy atom. The van der Waals surface area contributed by atoms with Crippen LogP contribution in [0, 0.1) is 0 Å². The molecule has 0 N–H and O–H groups in total. The van der Waals surface area contributed by atoms with Crippen molar-refractivity contribution in [2.45, 2.75) is 13.0 Å². The van der Waals surface area contributed by atoms with Crippen LogP contribution in [0.4, 0.5) is 0 Å². The molecule has 0 aromatic heterocycles. The van der Waals surface area contributed by atoms with Gasteiger partial charge in [-0.1, -0.05) is 0 Å². The normalized spacial score (nSPS) is 29.4. The summed E-state index contributed by atoms with van der Waals surface area (Å²) in [7, 11) is 2.10. The van der Waals surface area contributed by atoms with E-state index < -0.39 is 0 Å². The summed E-state index contributed by atoms with van der Waals surface area (Å²) < 4.78 is 5.49. The van der Waals surface area contributed by atoms with Crippen molar-refractivity contribution in [3.63, 3.8) is 0 Å². The van der Waals surface area contributed by atoms with Crippen molar-refractivity contribution in [2.24, 2.45) is 4.99 Å². The van der Waals surface area contributed by atoms with Crippen LogP contribution >= 0.6 is 0 Å². The van der Waals surface area contributed by atoms with E-state index in [1.807, 2.05) is 0 Å². The molecule has 1 saturated heterocycles. The molecule has 0 radical (unpaired) electrons.